The lowest BCUT2D eigenvalue weighted by Crippen LogP contribution is -2.39. The summed E-state index contributed by atoms with van der Waals surface area (Å²) in [7, 11) is 0. The van der Waals surface area contributed by atoms with Crippen LogP contribution < -0.4 is 10.1 Å². The maximum absolute atomic E-state index is 5.90. The molecule has 1 heterocycles. The molecule has 0 radical (unpaired) electrons. The Hall–Kier alpha value is -1.02. The molecule has 1 aliphatic heterocycles. The number of hydrogen-bond donors (Lipinski definition) is 1. The third-order valence-corrected chi connectivity index (χ3v) is 3.86. The minimum absolute atomic E-state index is 0.502. The number of rotatable bonds is 3. The van der Waals surface area contributed by atoms with Crippen LogP contribution in [0.25, 0.3) is 0 Å². The Labute approximate surface area is 103 Å². The van der Waals surface area contributed by atoms with Crippen LogP contribution in [0, 0.1) is 0 Å². The van der Waals surface area contributed by atoms with E-state index in [0.717, 1.165) is 25.3 Å². The zero-order chi connectivity index (χ0) is 11.7. The highest BCUT2D eigenvalue weighted by molar-refractivity contribution is 5.46. The molecule has 0 aromatic heterocycles. The van der Waals surface area contributed by atoms with E-state index >= 15 is 0 Å². The van der Waals surface area contributed by atoms with E-state index in [2.05, 4.69) is 24.4 Å². The number of nitrogens with one attached hydrogen (secondary N) is 1. The zero-order valence-electron chi connectivity index (χ0n) is 10.6. The highest BCUT2D eigenvalue weighted by Crippen LogP contribution is 2.32. The van der Waals surface area contributed by atoms with Crippen LogP contribution in [0.5, 0.6) is 5.75 Å². The van der Waals surface area contributed by atoms with Gasteiger partial charge in [-0.05, 0) is 61.4 Å². The standard InChI is InChI=1S/C15H21NO/c1-2-6-16-14-8-13-7-11-4-3-5-12(11)9-15(13)17-10-14/h7,9,14,16H,2-6,8,10H2,1H3. The second-order valence-electron chi connectivity index (χ2n) is 5.25. The van der Waals surface area contributed by atoms with E-state index in [-0.39, 0.29) is 0 Å². The first kappa shape index (κ1) is 11.1. The van der Waals surface area contributed by atoms with Crippen molar-refractivity contribution in [3.05, 3.63) is 28.8 Å². The van der Waals surface area contributed by atoms with Crippen LogP contribution in [0.3, 0.4) is 0 Å². The lowest BCUT2D eigenvalue weighted by atomic mass is 9.98. The zero-order valence-corrected chi connectivity index (χ0v) is 10.6. The molecule has 0 saturated heterocycles. The Balaban J connectivity index is 1.78. The number of fused-ring (bicyclic) bond motifs is 2. The first-order chi connectivity index (χ1) is 8.36. The average Bonchev–Trinajstić information content (AvgIpc) is 2.80. The van der Waals surface area contributed by atoms with Crippen molar-refractivity contribution in [2.75, 3.05) is 13.2 Å². The Bertz CT molecular complexity index is 414. The molecule has 1 N–H and O–H groups in total. The summed E-state index contributed by atoms with van der Waals surface area (Å²) in [6.07, 6.45) is 6.13. The van der Waals surface area contributed by atoms with Crippen molar-refractivity contribution in [3.63, 3.8) is 0 Å². The lowest BCUT2D eigenvalue weighted by molar-refractivity contribution is 0.239. The third-order valence-electron chi connectivity index (χ3n) is 3.86. The molecule has 92 valence electrons. The predicted molar refractivity (Wildman–Crippen MR) is 69.7 cm³/mol. The molecular formula is C15H21NO. The molecule has 0 saturated carbocycles. The van der Waals surface area contributed by atoms with Gasteiger partial charge >= 0.3 is 0 Å². The fourth-order valence-electron chi connectivity index (χ4n) is 2.94. The van der Waals surface area contributed by atoms with Crippen molar-refractivity contribution in [3.8, 4) is 5.75 Å². The fourth-order valence-corrected chi connectivity index (χ4v) is 2.94. The van der Waals surface area contributed by atoms with Crippen LogP contribution in [-0.4, -0.2) is 19.2 Å². The van der Waals surface area contributed by atoms with E-state index in [4.69, 9.17) is 4.74 Å². The van der Waals surface area contributed by atoms with Crippen LogP contribution in [0.4, 0.5) is 0 Å². The van der Waals surface area contributed by atoms with E-state index in [9.17, 15) is 0 Å². The Morgan fingerprint density at radius 2 is 2.06 bits per heavy atom. The van der Waals surface area contributed by atoms with Gasteiger partial charge in [0, 0.05) is 6.04 Å². The van der Waals surface area contributed by atoms with Crippen LogP contribution in [0.2, 0.25) is 0 Å². The molecule has 2 nitrogen and oxygen atoms in total. The topological polar surface area (TPSA) is 21.3 Å². The number of benzene rings is 1. The lowest BCUT2D eigenvalue weighted by Gasteiger charge is -2.27. The summed E-state index contributed by atoms with van der Waals surface area (Å²) in [4.78, 5) is 0. The molecule has 17 heavy (non-hydrogen) atoms. The molecule has 0 amide bonds. The Morgan fingerprint density at radius 1 is 1.24 bits per heavy atom. The normalized spacial score (nSPS) is 21.8. The van der Waals surface area contributed by atoms with Gasteiger partial charge in [0.05, 0.1) is 0 Å². The predicted octanol–water partition coefficient (Wildman–Crippen LogP) is 2.48. The SMILES string of the molecule is CCCNC1COc2cc3c(cc2C1)CCC3. The van der Waals surface area contributed by atoms with Crippen molar-refractivity contribution in [1.29, 1.82) is 0 Å². The maximum Gasteiger partial charge on any atom is 0.122 e. The van der Waals surface area contributed by atoms with Crippen molar-refractivity contribution < 1.29 is 4.74 Å². The van der Waals surface area contributed by atoms with E-state index < -0.39 is 0 Å². The highest BCUT2D eigenvalue weighted by Gasteiger charge is 2.22. The quantitative estimate of drug-likeness (QED) is 0.863. The van der Waals surface area contributed by atoms with Gasteiger partial charge < -0.3 is 10.1 Å². The first-order valence-electron chi connectivity index (χ1n) is 6.87. The second kappa shape index (κ2) is 4.69. The van der Waals surface area contributed by atoms with Crippen molar-refractivity contribution in [2.24, 2.45) is 0 Å². The summed E-state index contributed by atoms with van der Waals surface area (Å²) in [5.74, 6) is 1.14. The number of ether oxygens (including phenoxy) is 1. The first-order valence-corrected chi connectivity index (χ1v) is 6.87. The minimum atomic E-state index is 0.502. The molecule has 2 aliphatic rings. The third kappa shape index (κ3) is 2.19. The molecule has 1 unspecified atom stereocenters. The number of aryl methyl sites for hydroxylation is 2. The summed E-state index contributed by atoms with van der Waals surface area (Å²) < 4.78 is 5.90. The van der Waals surface area contributed by atoms with Crippen LogP contribution in [0.15, 0.2) is 12.1 Å². The monoisotopic (exact) mass is 231 g/mol. The molecule has 1 aromatic carbocycles. The van der Waals surface area contributed by atoms with E-state index in [0.29, 0.717) is 6.04 Å². The van der Waals surface area contributed by atoms with Gasteiger partial charge in [0.25, 0.3) is 0 Å². The Morgan fingerprint density at radius 3 is 2.88 bits per heavy atom. The van der Waals surface area contributed by atoms with Gasteiger partial charge in [-0.15, -0.1) is 0 Å². The van der Waals surface area contributed by atoms with Gasteiger partial charge in [0.2, 0.25) is 0 Å². The average molecular weight is 231 g/mol. The van der Waals surface area contributed by atoms with Gasteiger partial charge in [0.15, 0.2) is 0 Å². The fraction of sp³-hybridized carbons (Fsp3) is 0.600. The van der Waals surface area contributed by atoms with Crippen LogP contribution in [-0.2, 0) is 19.3 Å². The largest absolute Gasteiger partial charge is 0.492 e. The molecule has 1 aliphatic carbocycles. The number of hydrogen-bond acceptors (Lipinski definition) is 2. The summed E-state index contributed by atoms with van der Waals surface area (Å²) in [5.41, 5.74) is 4.48. The molecule has 2 heteroatoms. The Kier molecular flexibility index (Phi) is 3.06. The summed E-state index contributed by atoms with van der Waals surface area (Å²) in [6, 6.07) is 5.17. The van der Waals surface area contributed by atoms with Gasteiger partial charge in [-0.1, -0.05) is 13.0 Å². The summed E-state index contributed by atoms with van der Waals surface area (Å²) in [5, 5.41) is 3.55. The van der Waals surface area contributed by atoms with Crippen molar-refractivity contribution in [1.82, 2.24) is 5.32 Å². The molecule has 0 fully saturated rings. The minimum Gasteiger partial charge on any atom is -0.492 e. The second-order valence-corrected chi connectivity index (χ2v) is 5.25. The molecule has 3 rings (SSSR count). The molecule has 0 spiro atoms. The highest BCUT2D eigenvalue weighted by atomic mass is 16.5. The van der Waals surface area contributed by atoms with Gasteiger partial charge in [0.1, 0.15) is 12.4 Å². The van der Waals surface area contributed by atoms with Crippen LogP contribution in [0.1, 0.15) is 36.5 Å². The van der Waals surface area contributed by atoms with E-state index in [1.807, 2.05) is 0 Å². The summed E-state index contributed by atoms with van der Waals surface area (Å²) >= 11 is 0. The van der Waals surface area contributed by atoms with Crippen molar-refractivity contribution in [2.45, 2.75) is 45.1 Å². The van der Waals surface area contributed by atoms with Crippen LogP contribution >= 0.6 is 0 Å². The van der Waals surface area contributed by atoms with Crippen molar-refractivity contribution >= 4 is 0 Å². The maximum atomic E-state index is 5.90. The molecule has 1 aromatic rings. The molecular weight excluding hydrogens is 210 g/mol. The molecule has 1 atom stereocenters. The smallest absolute Gasteiger partial charge is 0.122 e. The molecule has 0 bridgehead atoms. The summed E-state index contributed by atoms with van der Waals surface area (Å²) in [6.45, 7) is 4.12. The van der Waals surface area contributed by atoms with Gasteiger partial charge in [-0.25, -0.2) is 0 Å². The van der Waals surface area contributed by atoms with E-state index in [1.54, 1.807) is 5.56 Å². The van der Waals surface area contributed by atoms with Gasteiger partial charge in [-0.2, -0.15) is 0 Å². The van der Waals surface area contributed by atoms with Gasteiger partial charge in [-0.3, -0.25) is 0 Å². The van der Waals surface area contributed by atoms with E-state index in [1.165, 1.54) is 36.8 Å².